The Hall–Kier alpha value is -1.10. The molecule has 0 aromatic heterocycles. The van der Waals surface area contributed by atoms with Crippen molar-refractivity contribution in [3.8, 4) is 0 Å². The molecule has 5 heteroatoms. The Bertz CT molecular complexity index is 304. The largest absolute Gasteiger partial charge is 0.479 e. The number of carbonyl (C=O) groups excluding carboxylic acids is 1. The third-order valence-corrected chi connectivity index (χ3v) is 3.57. The normalized spacial score (nSPS) is 25.5. The van der Waals surface area contributed by atoms with Crippen molar-refractivity contribution in [3.05, 3.63) is 0 Å². The Kier molecular flexibility index (Phi) is 4.14. The zero-order valence-corrected chi connectivity index (χ0v) is 11.0. The predicted molar refractivity (Wildman–Crippen MR) is 64.7 cm³/mol. The number of carbonyl (C=O) groups is 2. The Morgan fingerprint density at radius 2 is 2.00 bits per heavy atom. The van der Waals surface area contributed by atoms with E-state index in [2.05, 4.69) is 4.90 Å². The zero-order valence-electron chi connectivity index (χ0n) is 11.0. The van der Waals surface area contributed by atoms with Crippen molar-refractivity contribution in [2.75, 3.05) is 13.1 Å². The van der Waals surface area contributed by atoms with Gasteiger partial charge in [-0.05, 0) is 34.1 Å². The fourth-order valence-corrected chi connectivity index (χ4v) is 2.48. The molecule has 0 saturated carbocycles. The SMILES string of the molecule is CC(C)N1CCC(C(=O)O)(N(C=O)C(C)C)C1. The minimum atomic E-state index is -1.06. The molecule has 1 heterocycles. The zero-order chi connectivity index (χ0) is 13.2. The number of likely N-dealkylation sites (tertiary alicyclic amines) is 1. The van der Waals surface area contributed by atoms with E-state index in [1.807, 2.05) is 27.7 Å². The first-order valence-electron chi connectivity index (χ1n) is 6.06. The second kappa shape index (κ2) is 5.04. The van der Waals surface area contributed by atoms with Gasteiger partial charge in [0, 0.05) is 25.2 Å². The number of hydrogen-bond acceptors (Lipinski definition) is 3. The minimum Gasteiger partial charge on any atom is -0.479 e. The van der Waals surface area contributed by atoms with Crippen LogP contribution in [-0.4, -0.2) is 58.0 Å². The molecule has 0 spiro atoms. The lowest BCUT2D eigenvalue weighted by atomic mass is 9.95. The number of carboxylic acids is 1. The van der Waals surface area contributed by atoms with Gasteiger partial charge in [0.15, 0.2) is 5.54 Å². The van der Waals surface area contributed by atoms with E-state index < -0.39 is 11.5 Å². The maximum absolute atomic E-state index is 11.6. The van der Waals surface area contributed by atoms with Crippen molar-refractivity contribution in [1.82, 2.24) is 9.80 Å². The molecule has 0 aromatic rings. The monoisotopic (exact) mass is 242 g/mol. The van der Waals surface area contributed by atoms with Crippen LogP contribution in [0.1, 0.15) is 34.1 Å². The van der Waals surface area contributed by atoms with E-state index in [1.54, 1.807) is 0 Å². The molecule has 1 amide bonds. The molecule has 0 radical (unpaired) electrons. The first kappa shape index (κ1) is 14.0. The van der Waals surface area contributed by atoms with Crippen LogP contribution in [-0.2, 0) is 9.59 Å². The highest BCUT2D eigenvalue weighted by Crippen LogP contribution is 2.30. The van der Waals surface area contributed by atoms with Crippen molar-refractivity contribution >= 4 is 12.4 Å². The Morgan fingerprint density at radius 3 is 2.29 bits per heavy atom. The summed E-state index contributed by atoms with van der Waals surface area (Å²) < 4.78 is 0. The van der Waals surface area contributed by atoms with E-state index in [-0.39, 0.29) is 6.04 Å². The molecular weight excluding hydrogens is 220 g/mol. The van der Waals surface area contributed by atoms with Gasteiger partial charge in [0.2, 0.25) is 6.41 Å². The highest BCUT2D eigenvalue weighted by Gasteiger charge is 2.50. The third-order valence-electron chi connectivity index (χ3n) is 3.57. The van der Waals surface area contributed by atoms with Crippen LogP contribution in [0.3, 0.4) is 0 Å². The Morgan fingerprint density at radius 1 is 1.41 bits per heavy atom. The van der Waals surface area contributed by atoms with Crippen molar-refractivity contribution in [3.63, 3.8) is 0 Å². The molecule has 1 atom stereocenters. The molecule has 1 rings (SSSR count). The van der Waals surface area contributed by atoms with Gasteiger partial charge in [-0.1, -0.05) is 0 Å². The summed E-state index contributed by atoms with van der Waals surface area (Å²) in [5.41, 5.74) is -1.06. The third kappa shape index (κ3) is 2.44. The Labute approximate surface area is 102 Å². The molecule has 1 aliphatic heterocycles. The van der Waals surface area contributed by atoms with Gasteiger partial charge in [-0.2, -0.15) is 0 Å². The van der Waals surface area contributed by atoms with E-state index >= 15 is 0 Å². The minimum absolute atomic E-state index is 0.101. The van der Waals surface area contributed by atoms with Crippen LogP contribution >= 0.6 is 0 Å². The van der Waals surface area contributed by atoms with Crippen LogP contribution < -0.4 is 0 Å². The van der Waals surface area contributed by atoms with Crippen LogP contribution in [0.15, 0.2) is 0 Å². The number of carboxylic acid groups (broad SMARTS) is 1. The first-order valence-corrected chi connectivity index (χ1v) is 6.06. The van der Waals surface area contributed by atoms with E-state index in [0.29, 0.717) is 25.4 Å². The summed E-state index contributed by atoms with van der Waals surface area (Å²) in [6.45, 7) is 8.91. The molecule has 1 aliphatic rings. The topological polar surface area (TPSA) is 60.9 Å². The fourth-order valence-electron chi connectivity index (χ4n) is 2.48. The summed E-state index contributed by atoms with van der Waals surface area (Å²) in [6, 6.07) is 0.201. The number of hydrogen-bond donors (Lipinski definition) is 1. The van der Waals surface area contributed by atoms with E-state index in [9.17, 15) is 14.7 Å². The predicted octanol–water partition coefficient (Wildman–Crippen LogP) is 0.791. The van der Waals surface area contributed by atoms with Crippen LogP contribution in [0.4, 0.5) is 0 Å². The smallest absolute Gasteiger partial charge is 0.331 e. The lowest BCUT2D eigenvalue weighted by Crippen LogP contribution is -2.58. The highest BCUT2D eigenvalue weighted by molar-refractivity contribution is 5.82. The fraction of sp³-hybridized carbons (Fsp3) is 0.833. The molecule has 17 heavy (non-hydrogen) atoms. The summed E-state index contributed by atoms with van der Waals surface area (Å²) in [6.07, 6.45) is 1.17. The Balaban J connectivity index is 3.00. The highest BCUT2D eigenvalue weighted by atomic mass is 16.4. The van der Waals surface area contributed by atoms with Crippen molar-refractivity contribution in [2.24, 2.45) is 0 Å². The lowest BCUT2D eigenvalue weighted by molar-refractivity contribution is -0.156. The van der Waals surface area contributed by atoms with Crippen LogP contribution in [0.2, 0.25) is 0 Å². The van der Waals surface area contributed by atoms with Crippen molar-refractivity contribution < 1.29 is 14.7 Å². The summed E-state index contributed by atoms with van der Waals surface area (Å²) >= 11 is 0. The molecular formula is C12H22N2O3. The molecule has 1 N–H and O–H groups in total. The number of aliphatic carboxylic acids is 1. The molecule has 98 valence electrons. The molecule has 0 aromatic carbocycles. The maximum Gasteiger partial charge on any atom is 0.331 e. The van der Waals surface area contributed by atoms with Gasteiger partial charge in [-0.3, -0.25) is 9.69 Å². The second-order valence-corrected chi connectivity index (χ2v) is 5.26. The molecule has 0 aliphatic carbocycles. The number of nitrogens with zero attached hydrogens (tertiary/aromatic N) is 2. The standard InChI is InChI=1S/C12H22N2O3/c1-9(2)13-6-5-12(7-13,11(16)17)14(8-15)10(3)4/h8-10H,5-7H2,1-4H3,(H,16,17). The molecule has 5 nitrogen and oxygen atoms in total. The van der Waals surface area contributed by atoms with E-state index in [4.69, 9.17) is 0 Å². The molecule has 0 bridgehead atoms. The first-order chi connectivity index (χ1) is 7.85. The van der Waals surface area contributed by atoms with Crippen LogP contribution in [0.5, 0.6) is 0 Å². The quantitative estimate of drug-likeness (QED) is 0.724. The van der Waals surface area contributed by atoms with Gasteiger partial charge in [-0.15, -0.1) is 0 Å². The van der Waals surface area contributed by atoms with Crippen LogP contribution in [0.25, 0.3) is 0 Å². The summed E-state index contributed by atoms with van der Waals surface area (Å²) in [4.78, 5) is 26.3. The van der Waals surface area contributed by atoms with Gasteiger partial charge in [0.05, 0.1) is 0 Å². The average Bonchev–Trinajstić information content (AvgIpc) is 2.64. The summed E-state index contributed by atoms with van der Waals surface area (Å²) in [5.74, 6) is -0.901. The number of rotatable bonds is 5. The van der Waals surface area contributed by atoms with Gasteiger partial charge in [0.25, 0.3) is 0 Å². The maximum atomic E-state index is 11.6. The van der Waals surface area contributed by atoms with Gasteiger partial charge in [-0.25, -0.2) is 4.79 Å². The van der Waals surface area contributed by atoms with Crippen LogP contribution in [0, 0.1) is 0 Å². The average molecular weight is 242 g/mol. The molecule has 1 unspecified atom stereocenters. The summed E-state index contributed by atoms with van der Waals surface area (Å²) in [5, 5.41) is 9.49. The second-order valence-electron chi connectivity index (χ2n) is 5.26. The summed E-state index contributed by atoms with van der Waals surface area (Å²) in [7, 11) is 0. The van der Waals surface area contributed by atoms with Crippen molar-refractivity contribution in [2.45, 2.75) is 51.7 Å². The van der Waals surface area contributed by atoms with E-state index in [1.165, 1.54) is 4.90 Å². The van der Waals surface area contributed by atoms with Crippen molar-refractivity contribution in [1.29, 1.82) is 0 Å². The van der Waals surface area contributed by atoms with Gasteiger partial charge < -0.3 is 10.0 Å². The van der Waals surface area contributed by atoms with E-state index in [0.717, 1.165) is 6.54 Å². The van der Waals surface area contributed by atoms with Gasteiger partial charge in [0.1, 0.15) is 0 Å². The molecule has 1 saturated heterocycles. The number of amides is 1. The van der Waals surface area contributed by atoms with Gasteiger partial charge >= 0.3 is 5.97 Å². The molecule has 1 fully saturated rings. The lowest BCUT2D eigenvalue weighted by Gasteiger charge is -2.38.